The lowest BCUT2D eigenvalue weighted by Crippen LogP contribution is -2.44. The number of alkyl carbamates (subject to hydrolysis) is 1. The van der Waals surface area contributed by atoms with Gasteiger partial charge in [-0.1, -0.05) is 0 Å². The number of ether oxygens (including phenoxy) is 1. The van der Waals surface area contributed by atoms with E-state index < -0.39 is 17.5 Å². The number of carboxylic acids is 2. The fourth-order valence-corrected chi connectivity index (χ4v) is 1.05. The zero-order chi connectivity index (χ0) is 15.3. The highest BCUT2D eigenvalue weighted by Crippen LogP contribution is 2.34. The van der Waals surface area contributed by atoms with Gasteiger partial charge >= 0.3 is 18.0 Å². The van der Waals surface area contributed by atoms with Crippen LogP contribution in [0.5, 0.6) is 0 Å². The molecular weight excluding hydrogens is 256 g/mol. The van der Waals surface area contributed by atoms with Gasteiger partial charge in [0.2, 0.25) is 0 Å². The lowest BCUT2D eigenvalue weighted by molar-refractivity contribution is -0.159. The summed E-state index contributed by atoms with van der Waals surface area (Å²) >= 11 is 0. The van der Waals surface area contributed by atoms with E-state index in [9.17, 15) is 4.79 Å². The maximum atomic E-state index is 11.3. The molecule has 0 spiro atoms. The van der Waals surface area contributed by atoms with Gasteiger partial charge in [0.25, 0.3) is 0 Å². The van der Waals surface area contributed by atoms with Gasteiger partial charge in [-0.05, 0) is 33.6 Å². The van der Waals surface area contributed by atoms with Gasteiger partial charge in [0.05, 0.1) is 5.54 Å². The van der Waals surface area contributed by atoms with E-state index in [-0.39, 0.29) is 11.6 Å². The average molecular weight is 276 g/mol. The standard InChI is InChI=1S/C9H18N2O2.C2H2O4/c1-8(2,3)13-7(12)11-9(6-10)4-5-9;3-1(4)2(5)6/h4-6,10H2,1-3H3,(H,11,12);(H,3,4)(H,5,6). The molecule has 1 saturated carbocycles. The van der Waals surface area contributed by atoms with Crippen molar-refractivity contribution in [2.45, 2.75) is 44.8 Å². The van der Waals surface area contributed by atoms with E-state index in [1.54, 1.807) is 0 Å². The first-order valence-corrected chi connectivity index (χ1v) is 5.69. The SMILES string of the molecule is CC(C)(C)OC(=O)NC1(CN)CC1.O=C(O)C(=O)O. The number of carboxylic acid groups (broad SMARTS) is 2. The summed E-state index contributed by atoms with van der Waals surface area (Å²) in [6, 6.07) is 0. The maximum Gasteiger partial charge on any atom is 0.414 e. The molecule has 1 rings (SSSR count). The Labute approximate surface area is 110 Å². The second kappa shape index (κ2) is 6.37. The molecule has 0 unspecified atom stereocenters. The third-order valence-electron chi connectivity index (χ3n) is 2.19. The molecule has 8 heteroatoms. The first kappa shape index (κ1) is 17.2. The van der Waals surface area contributed by atoms with Crippen LogP contribution in [-0.4, -0.2) is 45.9 Å². The quantitative estimate of drug-likeness (QED) is 0.527. The molecule has 0 bridgehead atoms. The van der Waals surface area contributed by atoms with Crippen molar-refractivity contribution in [2.24, 2.45) is 5.73 Å². The van der Waals surface area contributed by atoms with E-state index in [4.69, 9.17) is 30.3 Å². The van der Waals surface area contributed by atoms with Gasteiger partial charge in [-0.15, -0.1) is 0 Å². The van der Waals surface area contributed by atoms with Crippen LogP contribution in [0.1, 0.15) is 33.6 Å². The zero-order valence-corrected chi connectivity index (χ0v) is 11.2. The van der Waals surface area contributed by atoms with Crippen molar-refractivity contribution in [1.29, 1.82) is 0 Å². The normalized spacial score (nSPS) is 15.6. The minimum Gasteiger partial charge on any atom is -0.473 e. The summed E-state index contributed by atoms with van der Waals surface area (Å²) in [5.74, 6) is -3.65. The molecule has 1 aliphatic carbocycles. The number of rotatable bonds is 2. The van der Waals surface area contributed by atoms with Crippen molar-refractivity contribution in [3.8, 4) is 0 Å². The van der Waals surface area contributed by atoms with Gasteiger partial charge in [-0.2, -0.15) is 0 Å². The Morgan fingerprint density at radius 2 is 1.63 bits per heavy atom. The number of aliphatic carboxylic acids is 2. The molecular formula is C11H20N2O6. The summed E-state index contributed by atoms with van der Waals surface area (Å²) in [7, 11) is 0. The summed E-state index contributed by atoms with van der Waals surface area (Å²) in [5, 5.41) is 17.6. The highest BCUT2D eigenvalue weighted by atomic mass is 16.6. The van der Waals surface area contributed by atoms with E-state index in [0.29, 0.717) is 6.54 Å². The highest BCUT2D eigenvalue weighted by molar-refractivity contribution is 6.27. The number of nitrogens with two attached hydrogens (primary N) is 1. The third-order valence-corrected chi connectivity index (χ3v) is 2.19. The number of hydrogen-bond donors (Lipinski definition) is 4. The lowest BCUT2D eigenvalue weighted by Gasteiger charge is -2.22. The Morgan fingerprint density at radius 3 is 1.84 bits per heavy atom. The van der Waals surface area contributed by atoms with Crippen molar-refractivity contribution < 1.29 is 29.3 Å². The Hall–Kier alpha value is -1.83. The van der Waals surface area contributed by atoms with Gasteiger partial charge in [-0.3, -0.25) is 0 Å². The molecule has 1 aliphatic rings. The molecule has 5 N–H and O–H groups in total. The molecule has 19 heavy (non-hydrogen) atoms. The Bertz CT molecular complexity index is 345. The number of hydrogen-bond acceptors (Lipinski definition) is 5. The largest absolute Gasteiger partial charge is 0.473 e. The minimum atomic E-state index is -1.82. The van der Waals surface area contributed by atoms with Crippen molar-refractivity contribution in [1.82, 2.24) is 5.32 Å². The maximum absolute atomic E-state index is 11.3. The van der Waals surface area contributed by atoms with Gasteiger partial charge in [0.15, 0.2) is 0 Å². The Morgan fingerprint density at radius 1 is 1.21 bits per heavy atom. The van der Waals surface area contributed by atoms with Crippen LogP contribution in [-0.2, 0) is 14.3 Å². The van der Waals surface area contributed by atoms with Crippen LogP contribution in [0.25, 0.3) is 0 Å². The van der Waals surface area contributed by atoms with Crippen LogP contribution in [0, 0.1) is 0 Å². The molecule has 0 aliphatic heterocycles. The summed E-state index contributed by atoms with van der Waals surface area (Å²) in [4.78, 5) is 29.5. The fraction of sp³-hybridized carbons (Fsp3) is 0.727. The third kappa shape index (κ3) is 7.98. The van der Waals surface area contributed by atoms with Gasteiger partial charge in [0.1, 0.15) is 5.60 Å². The minimum absolute atomic E-state index is 0.164. The smallest absolute Gasteiger partial charge is 0.414 e. The molecule has 0 aromatic heterocycles. The number of carbonyl (C=O) groups excluding carboxylic acids is 1. The molecule has 110 valence electrons. The number of carbonyl (C=O) groups is 3. The molecule has 1 amide bonds. The van der Waals surface area contributed by atoms with E-state index in [0.717, 1.165) is 12.8 Å². The molecule has 0 aromatic rings. The predicted octanol–water partition coefficient (Wildman–Crippen LogP) is 0.158. The summed E-state index contributed by atoms with van der Waals surface area (Å²) < 4.78 is 5.11. The Balaban J connectivity index is 0.000000459. The Kier molecular flexibility index (Phi) is 5.76. The molecule has 0 heterocycles. The van der Waals surface area contributed by atoms with E-state index in [2.05, 4.69) is 5.32 Å². The van der Waals surface area contributed by atoms with Crippen LogP contribution >= 0.6 is 0 Å². The van der Waals surface area contributed by atoms with E-state index in [1.165, 1.54) is 0 Å². The molecule has 0 atom stereocenters. The second-order valence-electron chi connectivity index (χ2n) is 5.22. The van der Waals surface area contributed by atoms with Gasteiger partial charge in [-0.25, -0.2) is 14.4 Å². The second-order valence-corrected chi connectivity index (χ2v) is 5.22. The monoisotopic (exact) mass is 276 g/mol. The van der Waals surface area contributed by atoms with E-state index in [1.807, 2.05) is 20.8 Å². The lowest BCUT2D eigenvalue weighted by atomic mass is 10.2. The zero-order valence-electron chi connectivity index (χ0n) is 11.2. The molecule has 1 fully saturated rings. The van der Waals surface area contributed by atoms with Crippen molar-refractivity contribution >= 4 is 18.0 Å². The van der Waals surface area contributed by atoms with Crippen LogP contribution in [0.15, 0.2) is 0 Å². The van der Waals surface area contributed by atoms with Crippen molar-refractivity contribution in [3.63, 3.8) is 0 Å². The van der Waals surface area contributed by atoms with E-state index >= 15 is 0 Å². The van der Waals surface area contributed by atoms with Crippen molar-refractivity contribution in [3.05, 3.63) is 0 Å². The van der Waals surface area contributed by atoms with Crippen LogP contribution in [0.2, 0.25) is 0 Å². The highest BCUT2D eigenvalue weighted by Gasteiger charge is 2.43. The summed E-state index contributed by atoms with van der Waals surface area (Å²) in [5.41, 5.74) is 4.91. The first-order chi connectivity index (χ1) is 8.51. The average Bonchev–Trinajstić information content (AvgIpc) is 2.96. The summed E-state index contributed by atoms with van der Waals surface area (Å²) in [6.07, 6.45) is 1.56. The van der Waals surface area contributed by atoms with Crippen LogP contribution < -0.4 is 11.1 Å². The van der Waals surface area contributed by atoms with Crippen LogP contribution in [0.4, 0.5) is 4.79 Å². The molecule has 8 nitrogen and oxygen atoms in total. The van der Waals surface area contributed by atoms with Crippen molar-refractivity contribution in [2.75, 3.05) is 6.54 Å². The van der Waals surface area contributed by atoms with Gasteiger partial charge < -0.3 is 26.0 Å². The van der Waals surface area contributed by atoms with Crippen LogP contribution in [0.3, 0.4) is 0 Å². The van der Waals surface area contributed by atoms with Gasteiger partial charge in [0, 0.05) is 6.54 Å². The predicted molar refractivity (Wildman–Crippen MR) is 65.7 cm³/mol. The topological polar surface area (TPSA) is 139 Å². The molecule has 0 saturated heterocycles. The first-order valence-electron chi connectivity index (χ1n) is 5.69. The summed E-state index contributed by atoms with van der Waals surface area (Å²) in [6.45, 7) is 6.02. The number of amides is 1. The fourth-order valence-electron chi connectivity index (χ4n) is 1.05. The molecule has 0 radical (unpaired) electrons. The number of nitrogens with one attached hydrogen (secondary N) is 1. The molecule has 0 aromatic carbocycles.